The monoisotopic (exact) mass is 342 g/mol. The van der Waals surface area contributed by atoms with E-state index < -0.39 is 16.2 Å². The molecule has 2 aliphatic rings. The Bertz CT molecular complexity index is 702. The van der Waals surface area contributed by atoms with Gasteiger partial charge in [-0.1, -0.05) is 51.1 Å². The molecule has 3 rings (SSSR count). The van der Waals surface area contributed by atoms with E-state index in [0.717, 1.165) is 5.56 Å². The van der Waals surface area contributed by atoms with Gasteiger partial charge in [0.15, 0.2) is 0 Å². The van der Waals surface area contributed by atoms with Gasteiger partial charge in [-0.05, 0) is 31.7 Å². The Hall–Kier alpha value is -2.17. The smallest absolute Gasteiger partial charge is 0.232 e. The minimum absolute atomic E-state index is 0.0940. The summed E-state index contributed by atoms with van der Waals surface area (Å²) in [5, 5.41) is 5.57. The van der Waals surface area contributed by atoms with E-state index in [1.165, 1.54) is 0 Å². The molecule has 2 fully saturated rings. The number of hydrogen-bond acceptors (Lipinski definition) is 3. The van der Waals surface area contributed by atoms with Crippen molar-refractivity contribution >= 4 is 17.7 Å². The molecule has 1 aliphatic carbocycles. The van der Waals surface area contributed by atoms with E-state index in [1.54, 1.807) is 0 Å². The van der Waals surface area contributed by atoms with Crippen LogP contribution < -0.4 is 10.6 Å². The first-order chi connectivity index (χ1) is 11.6. The molecule has 2 unspecified atom stereocenters. The molecule has 1 saturated heterocycles. The Labute approximate surface area is 148 Å². The molecule has 3 atom stereocenters. The second-order valence-corrected chi connectivity index (χ2v) is 8.60. The number of imide groups is 1. The van der Waals surface area contributed by atoms with Crippen LogP contribution in [0.1, 0.15) is 58.6 Å². The van der Waals surface area contributed by atoms with E-state index in [1.807, 2.05) is 58.0 Å². The Morgan fingerprint density at radius 2 is 1.52 bits per heavy atom. The number of amides is 3. The molecule has 25 heavy (non-hydrogen) atoms. The number of piperidine rings is 1. The number of fused-ring (bicyclic) bond motifs is 2. The van der Waals surface area contributed by atoms with Crippen molar-refractivity contribution in [3.8, 4) is 0 Å². The van der Waals surface area contributed by atoms with Gasteiger partial charge in [-0.25, -0.2) is 0 Å². The molecule has 1 saturated carbocycles. The summed E-state index contributed by atoms with van der Waals surface area (Å²) in [5.74, 6) is -0.613. The van der Waals surface area contributed by atoms with E-state index in [0.29, 0.717) is 19.3 Å². The summed E-state index contributed by atoms with van der Waals surface area (Å²) in [6.45, 7) is 7.54. The Morgan fingerprint density at radius 1 is 1.00 bits per heavy atom. The second kappa shape index (κ2) is 5.68. The molecule has 2 bridgehead atoms. The van der Waals surface area contributed by atoms with Crippen LogP contribution in [0.25, 0.3) is 0 Å². The van der Waals surface area contributed by atoms with Gasteiger partial charge >= 0.3 is 0 Å². The predicted molar refractivity (Wildman–Crippen MR) is 94.3 cm³/mol. The van der Waals surface area contributed by atoms with E-state index in [4.69, 9.17) is 0 Å². The molecule has 1 aromatic rings. The molecule has 5 nitrogen and oxygen atoms in total. The van der Waals surface area contributed by atoms with Crippen molar-refractivity contribution in [2.24, 2.45) is 16.2 Å². The highest BCUT2D eigenvalue weighted by Gasteiger charge is 2.60. The van der Waals surface area contributed by atoms with Crippen LogP contribution in [-0.2, 0) is 14.4 Å². The predicted octanol–water partition coefficient (Wildman–Crippen LogP) is 2.72. The topological polar surface area (TPSA) is 75.3 Å². The standard InChI is InChI=1S/C20H26N2O3/c1-13(14-8-6-5-7-9-14)21-15(23)18(2)10-19(3)12-20(4,11-18)17(25)22-16(19)24/h5-9,13H,10-12H2,1-4H3,(H,21,23)(H,22,24,25)/t13-,18?,19?,20?/m1/s1. The van der Waals surface area contributed by atoms with Crippen molar-refractivity contribution < 1.29 is 14.4 Å². The highest BCUT2D eigenvalue weighted by molar-refractivity contribution is 6.04. The van der Waals surface area contributed by atoms with Crippen LogP contribution in [0, 0.1) is 16.2 Å². The van der Waals surface area contributed by atoms with Crippen LogP contribution >= 0.6 is 0 Å². The third-order valence-electron chi connectivity index (χ3n) is 5.86. The fourth-order valence-corrected chi connectivity index (χ4v) is 4.85. The summed E-state index contributed by atoms with van der Waals surface area (Å²) in [6, 6.07) is 9.64. The first kappa shape index (κ1) is 17.6. The van der Waals surface area contributed by atoms with Gasteiger partial charge in [-0.2, -0.15) is 0 Å². The summed E-state index contributed by atoms with van der Waals surface area (Å²) in [6.07, 6.45) is 1.39. The van der Waals surface area contributed by atoms with Crippen LogP contribution in [0.2, 0.25) is 0 Å². The second-order valence-electron chi connectivity index (χ2n) is 8.60. The van der Waals surface area contributed by atoms with E-state index >= 15 is 0 Å². The van der Waals surface area contributed by atoms with Gasteiger partial charge in [0.25, 0.3) is 0 Å². The van der Waals surface area contributed by atoms with Gasteiger partial charge in [-0.15, -0.1) is 0 Å². The average molecular weight is 342 g/mol. The largest absolute Gasteiger partial charge is 0.349 e. The molecule has 1 aliphatic heterocycles. The normalized spacial score (nSPS) is 35.7. The first-order valence-corrected chi connectivity index (χ1v) is 8.80. The number of benzene rings is 1. The lowest BCUT2D eigenvalue weighted by Gasteiger charge is -2.53. The maximum absolute atomic E-state index is 13.1. The van der Waals surface area contributed by atoms with Crippen LogP contribution in [0.4, 0.5) is 0 Å². The molecule has 0 radical (unpaired) electrons. The first-order valence-electron chi connectivity index (χ1n) is 8.80. The Kier molecular flexibility index (Phi) is 4.01. The number of hydrogen-bond donors (Lipinski definition) is 2. The van der Waals surface area contributed by atoms with Crippen LogP contribution in [-0.4, -0.2) is 17.7 Å². The van der Waals surface area contributed by atoms with Crippen molar-refractivity contribution in [3.05, 3.63) is 35.9 Å². The van der Waals surface area contributed by atoms with Gasteiger partial charge in [0, 0.05) is 16.2 Å². The van der Waals surface area contributed by atoms with Gasteiger partial charge < -0.3 is 5.32 Å². The lowest BCUT2D eigenvalue weighted by molar-refractivity contribution is -0.164. The number of nitrogens with one attached hydrogen (secondary N) is 2. The van der Waals surface area contributed by atoms with E-state index in [-0.39, 0.29) is 23.8 Å². The quantitative estimate of drug-likeness (QED) is 0.829. The third-order valence-corrected chi connectivity index (χ3v) is 5.86. The molecule has 134 valence electrons. The average Bonchev–Trinajstić information content (AvgIpc) is 2.53. The fourth-order valence-electron chi connectivity index (χ4n) is 4.85. The zero-order valence-electron chi connectivity index (χ0n) is 15.3. The van der Waals surface area contributed by atoms with Crippen molar-refractivity contribution in [1.82, 2.24) is 10.6 Å². The summed E-state index contributed by atoms with van der Waals surface area (Å²) in [5.41, 5.74) is -1.11. The number of rotatable bonds is 3. The molecule has 3 amide bonds. The van der Waals surface area contributed by atoms with E-state index in [9.17, 15) is 14.4 Å². The summed E-state index contributed by atoms with van der Waals surface area (Å²) >= 11 is 0. The van der Waals surface area contributed by atoms with Crippen LogP contribution in [0.3, 0.4) is 0 Å². The Balaban J connectivity index is 1.84. The van der Waals surface area contributed by atoms with Gasteiger partial charge in [-0.3, -0.25) is 19.7 Å². The molecule has 5 heteroatoms. The third kappa shape index (κ3) is 2.96. The molecule has 0 spiro atoms. The zero-order valence-corrected chi connectivity index (χ0v) is 15.3. The SMILES string of the molecule is C[C@@H](NC(=O)C1(C)CC2(C)CC(C)(C1)C(=O)NC2=O)c1ccccc1. The molecular weight excluding hydrogens is 316 g/mol. The number of carbonyl (C=O) groups excluding carboxylic acids is 3. The van der Waals surface area contributed by atoms with Crippen molar-refractivity contribution in [1.29, 1.82) is 0 Å². The molecule has 1 heterocycles. The fraction of sp³-hybridized carbons (Fsp3) is 0.550. The maximum atomic E-state index is 13.1. The number of carbonyl (C=O) groups is 3. The van der Waals surface area contributed by atoms with Gasteiger partial charge in [0.2, 0.25) is 17.7 Å². The van der Waals surface area contributed by atoms with Gasteiger partial charge in [0.1, 0.15) is 0 Å². The Morgan fingerprint density at radius 3 is 2.04 bits per heavy atom. The van der Waals surface area contributed by atoms with E-state index in [2.05, 4.69) is 10.6 Å². The summed E-state index contributed by atoms with van der Waals surface area (Å²) in [7, 11) is 0. The summed E-state index contributed by atoms with van der Waals surface area (Å²) < 4.78 is 0. The summed E-state index contributed by atoms with van der Waals surface area (Å²) in [4.78, 5) is 37.8. The van der Waals surface area contributed by atoms with Crippen LogP contribution in [0.5, 0.6) is 0 Å². The maximum Gasteiger partial charge on any atom is 0.232 e. The van der Waals surface area contributed by atoms with Crippen LogP contribution in [0.15, 0.2) is 30.3 Å². The highest BCUT2D eigenvalue weighted by atomic mass is 16.2. The van der Waals surface area contributed by atoms with Crippen molar-refractivity contribution in [2.45, 2.75) is 53.0 Å². The molecule has 2 N–H and O–H groups in total. The molecule has 0 aromatic heterocycles. The zero-order chi connectivity index (χ0) is 18.5. The molecule has 1 aromatic carbocycles. The minimum atomic E-state index is -0.752. The lowest BCUT2D eigenvalue weighted by Crippen LogP contribution is -2.63. The van der Waals surface area contributed by atoms with Crippen molar-refractivity contribution in [2.75, 3.05) is 0 Å². The lowest BCUT2D eigenvalue weighted by atomic mass is 9.52. The van der Waals surface area contributed by atoms with Gasteiger partial charge in [0.05, 0.1) is 6.04 Å². The molecular formula is C20H26N2O3. The van der Waals surface area contributed by atoms with Crippen molar-refractivity contribution in [3.63, 3.8) is 0 Å². The minimum Gasteiger partial charge on any atom is -0.349 e. The highest BCUT2D eigenvalue weighted by Crippen LogP contribution is 2.56.